The van der Waals surface area contributed by atoms with E-state index >= 15 is 0 Å². The van der Waals surface area contributed by atoms with E-state index in [4.69, 9.17) is 0 Å². The number of carbonyl (C=O) groups excluding carboxylic acids is 2. The lowest BCUT2D eigenvalue weighted by atomic mass is 9.78. The molecule has 0 saturated heterocycles. The summed E-state index contributed by atoms with van der Waals surface area (Å²) in [6, 6.07) is 0. The number of nitrogens with one attached hydrogen (secondary N) is 2. The van der Waals surface area contributed by atoms with Crippen LogP contribution in [-0.2, 0) is 9.59 Å². The summed E-state index contributed by atoms with van der Waals surface area (Å²) in [6.45, 7) is 14.2. The summed E-state index contributed by atoms with van der Waals surface area (Å²) in [6.07, 6.45) is 38.3. The molecule has 0 rings (SSSR count). The zero-order chi connectivity index (χ0) is 34.1. The Balaban J connectivity index is 4.84. The van der Waals surface area contributed by atoms with E-state index in [1.54, 1.807) is 0 Å². The fourth-order valence-corrected chi connectivity index (χ4v) is 6.91. The summed E-state index contributed by atoms with van der Waals surface area (Å²) in [4.78, 5) is 23.6. The van der Waals surface area contributed by atoms with E-state index in [1.807, 2.05) is 27.7 Å². The minimum Gasteiger partial charge on any atom is -0.356 e. The molecule has 2 atom stereocenters. The third kappa shape index (κ3) is 29.1. The van der Waals surface area contributed by atoms with Crippen molar-refractivity contribution in [2.45, 2.75) is 221 Å². The highest BCUT2D eigenvalue weighted by atomic mass is 16.2. The van der Waals surface area contributed by atoms with Gasteiger partial charge in [0.2, 0.25) is 11.8 Å². The smallest absolute Gasteiger partial charge is 0.222 e. The fourth-order valence-electron chi connectivity index (χ4n) is 6.91. The third-order valence-corrected chi connectivity index (χ3v) is 10.2. The van der Waals surface area contributed by atoms with E-state index in [-0.39, 0.29) is 23.7 Å². The Morgan fingerprint density at radius 3 is 0.870 bits per heavy atom. The SMILES string of the molecule is CCCCCCCCCC(CCCCCCCNC(=O)C(C)C)C(CCCCCCCCC)CCCCCCCNC(=O)C(C)C. The van der Waals surface area contributed by atoms with Gasteiger partial charge in [0.25, 0.3) is 0 Å². The maximum atomic E-state index is 11.8. The molecule has 0 aromatic carbocycles. The first-order chi connectivity index (χ1) is 22.3. The molecule has 0 aromatic heterocycles. The van der Waals surface area contributed by atoms with Crippen LogP contribution in [0.1, 0.15) is 221 Å². The van der Waals surface area contributed by atoms with Gasteiger partial charge in [-0.15, -0.1) is 0 Å². The first-order valence-corrected chi connectivity index (χ1v) is 20.9. The van der Waals surface area contributed by atoms with Crippen LogP contribution in [0.25, 0.3) is 0 Å². The Labute approximate surface area is 289 Å². The van der Waals surface area contributed by atoms with Crippen LogP contribution >= 0.6 is 0 Å². The van der Waals surface area contributed by atoms with Gasteiger partial charge < -0.3 is 10.6 Å². The van der Waals surface area contributed by atoms with Gasteiger partial charge in [-0.1, -0.05) is 208 Å². The van der Waals surface area contributed by atoms with Crippen molar-refractivity contribution in [2.24, 2.45) is 23.7 Å². The van der Waals surface area contributed by atoms with Crippen molar-refractivity contribution in [1.82, 2.24) is 10.6 Å². The van der Waals surface area contributed by atoms with Crippen LogP contribution in [0.5, 0.6) is 0 Å². The molecule has 0 spiro atoms. The molecule has 2 amide bonds. The molecule has 0 radical (unpaired) electrons. The summed E-state index contributed by atoms with van der Waals surface area (Å²) in [7, 11) is 0. The highest BCUT2D eigenvalue weighted by Gasteiger charge is 2.21. The Hall–Kier alpha value is -1.06. The van der Waals surface area contributed by atoms with Crippen molar-refractivity contribution in [2.75, 3.05) is 13.1 Å². The largest absolute Gasteiger partial charge is 0.356 e. The van der Waals surface area contributed by atoms with Crippen molar-refractivity contribution in [3.8, 4) is 0 Å². The lowest BCUT2D eigenvalue weighted by Crippen LogP contribution is -2.28. The molecule has 0 heterocycles. The number of unbranched alkanes of at least 4 members (excludes halogenated alkanes) is 20. The fraction of sp³-hybridized carbons (Fsp3) is 0.952. The number of hydrogen-bond donors (Lipinski definition) is 2. The van der Waals surface area contributed by atoms with Crippen LogP contribution in [0, 0.1) is 23.7 Å². The summed E-state index contributed by atoms with van der Waals surface area (Å²) < 4.78 is 0. The maximum Gasteiger partial charge on any atom is 0.222 e. The van der Waals surface area contributed by atoms with Gasteiger partial charge in [-0.3, -0.25) is 9.59 Å². The van der Waals surface area contributed by atoms with Crippen molar-refractivity contribution >= 4 is 11.8 Å². The van der Waals surface area contributed by atoms with Crippen LogP contribution < -0.4 is 10.6 Å². The normalized spacial score (nSPS) is 13.0. The third-order valence-electron chi connectivity index (χ3n) is 10.2. The summed E-state index contributed by atoms with van der Waals surface area (Å²) in [5, 5.41) is 6.16. The molecule has 0 aliphatic carbocycles. The second-order valence-electron chi connectivity index (χ2n) is 15.3. The Morgan fingerprint density at radius 2 is 0.609 bits per heavy atom. The van der Waals surface area contributed by atoms with Gasteiger partial charge >= 0.3 is 0 Å². The molecular weight excluding hydrogens is 564 g/mol. The standard InChI is InChI=1S/C42H84N2O2/c1-7-9-11-13-15-19-25-31-39(33-27-21-17-23-29-35-43-41(45)37(3)4)40(32-26-20-16-14-12-10-8-2)34-28-22-18-24-30-36-44-42(46)38(5)6/h37-40H,7-36H2,1-6H3,(H,43,45)(H,44,46). The lowest BCUT2D eigenvalue weighted by Gasteiger charge is -2.28. The molecule has 0 aliphatic heterocycles. The molecule has 4 nitrogen and oxygen atoms in total. The molecule has 2 unspecified atom stereocenters. The summed E-state index contributed by atoms with van der Waals surface area (Å²) in [5.41, 5.74) is 0. The van der Waals surface area contributed by atoms with E-state index in [2.05, 4.69) is 24.5 Å². The van der Waals surface area contributed by atoms with E-state index in [0.29, 0.717) is 0 Å². The second kappa shape index (κ2) is 33.8. The minimum atomic E-state index is 0.0890. The number of carbonyl (C=O) groups is 2. The predicted octanol–water partition coefficient (Wildman–Crippen LogP) is 12.7. The first kappa shape index (κ1) is 44.9. The van der Waals surface area contributed by atoms with E-state index < -0.39 is 0 Å². The predicted molar refractivity (Wildman–Crippen MR) is 203 cm³/mol. The highest BCUT2D eigenvalue weighted by molar-refractivity contribution is 5.78. The van der Waals surface area contributed by atoms with E-state index in [0.717, 1.165) is 37.8 Å². The molecule has 0 aromatic rings. The molecule has 0 aliphatic rings. The van der Waals surface area contributed by atoms with Crippen LogP contribution in [0.3, 0.4) is 0 Å². The van der Waals surface area contributed by atoms with Gasteiger partial charge in [-0.05, 0) is 24.7 Å². The lowest BCUT2D eigenvalue weighted by molar-refractivity contribution is -0.124. The van der Waals surface area contributed by atoms with Gasteiger partial charge in [0.15, 0.2) is 0 Å². The van der Waals surface area contributed by atoms with Crippen LogP contribution in [0.15, 0.2) is 0 Å². The quantitative estimate of drug-likeness (QED) is 0.0672. The van der Waals surface area contributed by atoms with Crippen molar-refractivity contribution in [3.63, 3.8) is 0 Å². The molecule has 0 bridgehead atoms. The number of rotatable bonds is 35. The van der Waals surface area contributed by atoms with Crippen LogP contribution in [0.4, 0.5) is 0 Å². The number of hydrogen-bond acceptors (Lipinski definition) is 2. The van der Waals surface area contributed by atoms with Crippen molar-refractivity contribution in [3.05, 3.63) is 0 Å². The molecule has 46 heavy (non-hydrogen) atoms. The summed E-state index contributed by atoms with van der Waals surface area (Å²) >= 11 is 0. The molecule has 274 valence electrons. The van der Waals surface area contributed by atoms with Crippen LogP contribution in [0.2, 0.25) is 0 Å². The Kier molecular flexibility index (Phi) is 33.0. The van der Waals surface area contributed by atoms with Gasteiger partial charge in [-0.25, -0.2) is 0 Å². The zero-order valence-corrected chi connectivity index (χ0v) is 32.3. The van der Waals surface area contributed by atoms with Gasteiger partial charge in [0.1, 0.15) is 0 Å². The molecule has 0 fully saturated rings. The van der Waals surface area contributed by atoms with Gasteiger partial charge in [0.05, 0.1) is 0 Å². The molecule has 4 heteroatoms. The summed E-state index contributed by atoms with van der Waals surface area (Å²) in [5.74, 6) is 2.38. The van der Waals surface area contributed by atoms with E-state index in [9.17, 15) is 9.59 Å². The average Bonchev–Trinajstić information content (AvgIpc) is 3.03. The van der Waals surface area contributed by atoms with Gasteiger partial charge in [0, 0.05) is 24.9 Å². The highest BCUT2D eigenvalue weighted by Crippen LogP contribution is 2.33. The van der Waals surface area contributed by atoms with Gasteiger partial charge in [-0.2, -0.15) is 0 Å². The van der Waals surface area contributed by atoms with Crippen LogP contribution in [-0.4, -0.2) is 24.9 Å². The monoisotopic (exact) mass is 649 g/mol. The van der Waals surface area contributed by atoms with E-state index in [1.165, 1.54) is 167 Å². The average molecular weight is 649 g/mol. The van der Waals surface area contributed by atoms with Crippen molar-refractivity contribution < 1.29 is 9.59 Å². The second-order valence-corrected chi connectivity index (χ2v) is 15.3. The Morgan fingerprint density at radius 1 is 0.370 bits per heavy atom. The Bertz CT molecular complexity index is 606. The topological polar surface area (TPSA) is 58.2 Å². The minimum absolute atomic E-state index is 0.0890. The number of amides is 2. The zero-order valence-electron chi connectivity index (χ0n) is 32.3. The molecule has 2 N–H and O–H groups in total. The maximum absolute atomic E-state index is 11.8. The molecular formula is C42H84N2O2. The van der Waals surface area contributed by atoms with Crippen molar-refractivity contribution in [1.29, 1.82) is 0 Å². The molecule has 0 saturated carbocycles. The first-order valence-electron chi connectivity index (χ1n) is 20.9.